The van der Waals surface area contributed by atoms with Crippen molar-refractivity contribution in [3.63, 3.8) is 0 Å². The summed E-state index contributed by atoms with van der Waals surface area (Å²) in [5.41, 5.74) is 0.323. The Bertz CT molecular complexity index is 535. The van der Waals surface area contributed by atoms with Crippen molar-refractivity contribution in [1.82, 2.24) is 15.1 Å². The van der Waals surface area contributed by atoms with Gasteiger partial charge in [-0.2, -0.15) is 4.98 Å². The Hall–Kier alpha value is -1.95. The van der Waals surface area contributed by atoms with E-state index in [1.165, 1.54) is 0 Å². The summed E-state index contributed by atoms with van der Waals surface area (Å²) in [6.45, 7) is 1.45. The molecule has 0 spiro atoms. The van der Waals surface area contributed by atoms with Gasteiger partial charge in [-0.1, -0.05) is 5.16 Å². The third-order valence-electron chi connectivity index (χ3n) is 3.02. The highest BCUT2D eigenvalue weighted by Gasteiger charge is 2.22. The van der Waals surface area contributed by atoms with Gasteiger partial charge in [-0.15, -0.1) is 0 Å². The van der Waals surface area contributed by atoms with E-state index in [9.17, 15) is 5.11 Å². The predicted molar refractivity (Wildman–Crippen MR) is 62.0 cm³/mol. The molecule has 6 nitrogen and oxygen atoms in total. The van der Waals surface area contributed by atoms with Crippen LogP contribution in [0.4, 0.5) is 0 Å². The van der Waals surface area contributed by atoms with Crippen LogP contribution in [0.1, 0.15) is 24.6 Å². The molecule has 0 aromatic carbocycles. The number of hydrogen-bond donors (Lipinski definition) is 1. The molecule has 94 valence electrons. The first-order valence-corrected chi connectivity index (χ1v) is 5.90. The van der Waals surface area contributed by atoms with Gasteiger partial charge in [0.1, 0.15) is 5.75 Å². The molecule has 0 unspecified atom stereocenters. The number of nitrogens with zero attached hydrogens (tertiary/aromatic N) is 3. The largest absolute Gasteiger partial charge is 0.505 e. The SMILES string of the molecule is Oc1cccnc1-c1nc(C2CCOCC2)no1. The van der Waals surface area contributed by atoms with Gasteiger partial charge in [0.05, 0.1) is 0 Å². The summed E-state index contributed by atoms with van der Waals surface area (Å²) in [7, 11) is 0. The molecule has 0 atom stereocenters. The Morgan fingerprint density at radius 1 is 1.28 bits per heavy atom. The van der Waals surface area contributed by atoms with Gasteiger partial charge in [-0.05, 0) is 25.0 Å². The lowest BCUT2D eigenvalue weighted by molar-refractivity contribution is 0.0830. The molecule has 2 aromatic rings. The van der Waals surface area contributed by atoms with E-state index in [0.29, 0.717) is 11.5 Å². The molecule has 6 heteroatoms. The van der Waals surface area contributed by atoms with E-state index in [-0.39, 0.29) is 17.6 Å². The molecule has 1 aliphatic rings. The molecule has 0 aliphatic carbocycles. The van der Waals surface area contributed by atoms with Crippen LogP contribution in [-0.2, 0) is 4.74 Å². The van der Waals surface area contributed by atoms with Crippen molar-refractivity contribution in [2.45, 2.75) is 18.8 Å². The minimum absolute atomic E-state index is 0.0414. The Balaban J connectivity index is 1.87. The van der Waals surface area contributed by atoms with Crippen LogP contribution in [0.5, 0.6) is 5.75 Å². The topological polar surface area (TPSA) is 81.3 Å². The van der Waals surface area contributed by atoms with Crippen molar-refractivity contribution in [1.29, 1.82) is 0 Å². The monoisotopic (exact) mass is 247 g/mol. The molecule has 1 aliphatic heterocycles. The van der Waals surface area contributed by atoms with Crippen molar-refractivity contribution in [3.8, 4) is 17.3 Å². The molecule has 0 bridgehead atoms. The summed E-state index contributed by atoms with van der Waals surface area (Å²) < 4.78 is 10.5. The number of aromatic nitrogens is 3. The molecule has 2 aromatic heterocycles. The van der Waals surface area contributed by atoms with Gasteiger partial charge >= 0.3 is 0 Å². The number of rotatable bonds is 2. The maximum absolute atomic E-state index is 9.67. The summed E-state index contributed by atoms with van der Waals surface area (Å²) in [6.07, 6.45) is 3.37. The molecule has 1 fully saturated rings. The van der Waals surface area contributed by atoms with E-state index in [0.717, 1.165) is 26.1 Å². The van der Waals surface area contributed by atoms with E-state index >= 15 is 0 Å². The van der Waals surface area contributed by atoms with Crippen LogP contribution in [0, 0.1) is 0 Å². The molecule has 1 saturated heterocycles. The normalized spacial score (nSPS) is 16.9. The maximum Gasteiger partial charge on any atom is 0.280 e. The zero-order chi connectivity index (χ0) is 12.4. The standard InChI is InChI=1S/C12H13N3O3/c16-9-2-1-5-13-10(9)12-14-11(15-18-12)8-3-6-17-7-4-8/h1-2,5,8,16H,3-4,6-7H2. The lowest BCUT2D eigenvalue weighted by Crippen LogP contribution is -2.15. The highest BCUT2D eigenvalue weighted by atomic mass is 16.5. The quantitative estimate of drug-likeness (QED) is 0.870. The van der Waals surface area contributed by atoms with Gasteiger partial charge in [0.15, 0.2) is 11.5 Å². The molecule has 18 heavy (non-hydrogen) atoms. The van der Waals surface area contributed by atoms with Crippen LogP contribution in [0.2, 0.25) is 0 Å². The number of hydrogen-bond acceptors (Lipinski definition) is 6. The second-order valence-electron chi connectivity index (χ2n) is 4.22. The van der Waals surface area contributed by atoms with Gasteiger partial charge in [-0.3, -0.25) is 0 Å². The highest BCUT2D eigenvalue weighted by Crippen LogP contribution is 2.29. The minimum atomic E-state index is 0.0414. The second-order valence-corrected chi connectivity index (χ2v) is 4.22. The van der Waals surface area contributed by atoms with Gasteiger partial charge < -0.3 is 14.4 Å². The van der Waals surface area contributed by atoms with Crippen molar-refractivity contribution in [2.24, 2.45) is 0 Å². The predicted octanol–water partition coefficient (Wildman–Crippen LogP) is 1.73. The fourth-order valence-corrected chi connectivity index (χ4v) is 2.01. The third-order valence-corrected chi connectivity index (χ3v) is 3.02. The summed E-state index contributed by atoms with van der Waals surface area (Å²) in [5, 5.41) is 13.6. The zero-order valence-electron chi connectivity index (χ0n) is 9.74. The van der Waals surface area contributed by atoms with Crippen molar-refractivity contribution < 1.29 is 14.4 Å². The fourth-order valence-electron chi connectivity index (χ4n) is 2.01. The lowest BCUT2D eigenvalue weighted by Gasteiger charge is -2.18. The number of ether oxygens (including phenoxy) is 1. The molecular formula is C12H13N3O3. The van der Waals surface area contributed by atoms with Crippen LogP contribution < -0.4 is 0 Å². The maximum atomic E-state index is 9.67. The van der Waals surface area contributed by atoms with Gasteiger partial charge in [0, 0.05) is 25.3 Å². The Kier molecular flexibility index (Phi) is 2.93. The average Bonchev–Trinajstić information content (AvgIpc) is 2.90. The van der Waals surface area contributed by atoms with Crippen LogP contribution in [0.3, 0.4) is 0 Å². The van der Waals surface area contributed by atoms with Crippen molar-refractivity contribution >= 4 is 0 Å². The van der Waals surface area contributed by atoms with E-state index < -0.39 is 0 Å². The minimum Gasteiger partial charge on any atom is -0.505 e. The number of aromatic hydroxyl groups is 1. The summed E-state index contributed by atoms with van der Waals surface area (Å²) >= 11 is 0. The molecule has 3 rings (SSSR count). The summed E-state index contributed by atoms with van der Waals surface area (Å²) in [5.74, 6) is 1.23. The average molecular weight is 247 g/mol. The zero-order valence-corrected chi connectivity index (χ0v) is 9.74. The van der Waals surface area contributed by atoms with Crippen molar-refractivity contribution in [2.75, 3.05) is 13.2 Å². The van der Waals surface area contributed by atoms with E-state index in [2.05, 4.69) is 15.1 Å². The Morgan fingerprint density at radius 3 is 2.89 bits per heavy atom. The van der Waals surface area contributed by atoms with Crippen LogP contribution in [0.25, 0.3) is 11.6 Å². The first-order valence-electron chi connectivity index (χ1n) is 5.90. The van der Waals surface area contributed by atoms with Crippen molar-refractivity contribution in [3.05, 3.63) is 24.2 Å². The van der Waals surface area contributed by atoms with E-state index in [1.54, 1.807) is 18.3 Å². The molecule has 1 N–H and O–H groups in total. The number of pyridine rings is 1. The van der Waals surface area contributed by atoms with Crippen LogP contribution in [-0.4, -0.2) is 33.4 Å². The highest BCUT2D eigenvalue weighted by molar-refractivity contribution is 5.55. The fraction of sp³-hybridized carbons (Fsp3) is 0.417. The van der Waals surface area contributed by atoms with Gasteiger partial charge in [-0.25, -0.2) is 4.98 Å². The molecular weight excluding hydrogens is 234 g/mol. The smallest absolute Gasteiger partial charge is 0.280 e. The van der Waals surface area contributed by atoms with Gasteiger partial charge in [0.2, 0.25) is 0 Å². The first-order chi connectivity index (χ1) is 8.84. The lowest BCUT2D eigenvalue weighted by atomic mass is 10.00. The van der Waals surface area contributed by atoms with Crippen LogP contribution >= 0.6 is 0 Å². The molecule has 0 amide bonds. The van der Waals surface area contributed by atoms with E-state index in [4.69, 9.17) is 9.26 Å². The Morgan fingerprint density at radius 2 is 2.11 bits per heavy atom. The third kappa shape index (κ3) is 2.06. The summed E-state index contributed by atoms with van der Waals surface area (Å²) in [4.78, 5) is 8.35. The first kappa shape index (κ1) is 11.2. The second kappa shape index (κ2) is 4.73. The Labute approximate surface area is 104 Å². The van der Waals surface area contributed by atoms with Crippen LogP contribution in [0.15, 0.2) is 22.9 Å². The molecule has 3 heterocycles. The van der Waals surface area contributed by atoms with Gasteiger partial charge in [0.25, 0.3) is 5.89 Å². The molecule has 0 radical (unpaired) electrons. The summed E-state index contributed by atoms with van der Waals surface area (Å²) in [6, 6.07) is 3.19. The van der Waals surface area contributed by atoms with E-state index in [1.807, 2.05) is 0 Å². The molecule has 0 saturated carbocycles.